The van der Waals surface area contributed by atoms with Crippen LogP contribution in [0.5, 0.6) is 11.5 Å². The summed E-state index contributed by atoms with van der Waals surface area (Å²) in [7, 11) is 1.57. The monoisotopic (exact) mass is 373 g/mol. The van der Waals surface area contributed by atoms with Crippen molar-refractivity contribution in [2.75, 3.05) is 7.11 Å². The molecule has 0 saturated carbocycles. The third-order valence-electron chi connectivity index (χ3n) is 3.89. The van der Waals surface area contributed by atoms with Gasteiger partial charge in [-0.15, -0.1) is 0 Å². The molecule has 3 rings (SSSR count). The molecule has 0 spiro atoms. The summed E-state index contributed by atoms with van der Waals surface area (Å²) in [6.45, 7) is -2.90. The minimum atomic E-state index is -2.93. The van der Waals surface area contributed by atoms with Crippen molar-refractivity contribution in [3.63, 3.8) is 0 Å². The molecular formula is C19H17F2N3O3. The molecular weight excluding hydrogens is 356 g/mol. The maximum atomic E-state index is 12.5. The molecule has 0 aliphatic rings. The average Bonchev–Trinajstić information content (AvgIpc) is 3.16. The first kappa shape index (κ1) is 18.4. The number of amides is 1. The van der Waals surface area contributed by atoms with Gasteiger partial charge in [0.05, 0.1) is 24.6 Å². The maximum absolute atomic E-state index is 12.5. The first-order valence-electron chi connectivity index (χ1n) is 8.07. The van der Waals surface area contributed by atoms with Crippen molar-refractivity contribution < 1.29 is 23.0 Å². The molecule has 8 heteroatoms. The first-order valence-corrected chi connectivity index (χ1v) is 8.07. The van der Waals surface area contributed by atoms with Crippen molar-refractivity contribution in [3.8, 4) is 22.8 Å². The molecule has 0 fully saturated rings. The third kappa shape index (κ3) is 4.41. The van der Waals surface area contributed by atoms with Gasteiger partial charge in [-0.05, 0) is 30.3 Å². The zero-order valence-electron chi connectivity index (χ0n) is 14.4. The second-order valence-electron chi connectivity index (χ2n) is 5.56. The van der Waals surface area contributed by atoms with Gasteiger partial charge in [0.15, 0.2) is 0 Å². The number of para-hydroxylation sites is 1. The Balaban J connectivity index is 1.74. The Morgan fingerprint density at radius 2 is 1.93 bits per heavy atom. The summed E-state index contributed by atoms with van der Waals surface area (Å²) in [5.41, 5.74) is 2.10. The molecule has 1 heterocycles. The lowest BCUT2D eigenvalue weighted by molar-refractivity contribution is -0.0504. The summed E-state index contributed by atoms with van der Waals surface area (Å²) in [4.78, 5) is 12.5. The van der Waals surface area contributed by atoms with Crippen LogP contribution in [0.25, 0.3) is 11.3 Å². The fourth-order valence-corrected chi connectivity index (χ4v) is 2.57. The molecule has 6 nitrogen and oxygen atoms in total. The SMILES string of the molecule is COc1ccc(-c2[nH]ncc2C(=O)NCc2ccccc2OC(F)F)cc1. The number of ether oxygens (including phenoxy) is 2. The van der Waals surface area contributed by atoms with E-state index in [2.05, 4.69) is 20.3 Å². The Kier molecular flexibility index (Phi) is 5.65. The van der Waals surface area contributed by atoms with E-state index in [0.717, 1.165) is 5.56 Å². The van der Waals surface area contributed by atoms with Gasteiger partial charge in [-0.1, -0.05) is 18.2 Å². The van der Waals surface area contributed by atoms with Crippen LogP contribution >= 0.6 is 0 Å². The van der Waals surface area contributed by atoms with Gasteiger partial charge >= 0.3 is 6.61 Å². The van der Waals surface area contributed by atoms with E-state index in [1.54, 1.807) is 49.6 Å². The number of halogens is 2. The zero-order valence-corrected chi connectivity index (χ0v) is 14.4. The number of methoxy groups -OCH3 is 1. The van der Waals surface area contributed by atoms with Gasteiger partial charge in [0, 0.05) is 17.7 Å². The Labute approximate surface area is 154 Å². The minimum absolute atomic E-state index is 0.0235. The highest BCUT2D eigenvalue weighted by atomic mass is 19.3. The van der Waals surface area contributed by atoms with Crippen LogP contribution in [0.15, 0.2) is 54.7 Å². The van der Waals surface area contributed by atoms with Gasteiger partial charge in [0.2, 0.25) is 0 Å². The molecule has 0 unspecified atom stereocenters. The summed E-state index contributed by atoms with van der Waals surface area (Å²) >= 11 is 0. The molecule has 1 amide bonds. The molecule has 140 valence electrons. The van der Waals surface area contributed by atoms with Crippen LogP contribution in [0.2, 0.25) is 0 Å². The van der Waals surface area contributed by atoms with Gasteiger partial charge in [-0.3, -0.25) is 9.89 Å². The van der Waals surface area contributed by atoms with Crippen LogP contribution < -0.4 is 14.8 Å². The Hall–Kier alpha value is -3.42. The van der Waals surface area contributed by atoms with Gasteiger partial charge in [-0.25, -0.2) is 0 Å². The first-order chi connectivity index (χ1) is 13.1. The second-order valence-corrected chi connectivity index (χ2v) is 5.56. The fraction of sp³-hybridized carbons (Fsp3) is 0.158. The molecule has 1 aromatic heterocycles. The highest BCUT2D eigenvalue weighted by molar-refractivity contribution is 5.99. The topological polar surface area (TPSA) is 76.2 Å². The molecule has 0 aliphatic heterocycles. The normalized spacial score (nSPS) is 10.7. The number of hydrogen-bond donors (Lipinski definition) is 2. The van der Waals surface area contributed by atoms with E-state index in [1.165, 1.54) is 12.3 Å². The van der Waals surface area contributed by atoms with E-state index in [1.807, 2.05) is 0 Å². The van der Waals surface area contributed by atoms with Crippen LogP contribution in [0.4, 0.5) is 8.78 Å². The van der Waals surface area contributed by atoms with Crippen LogP contribution in [-0.2, 0) is 6.54 Å². The van der Waals surface area contributed by atoms with E-state index in [9.17, 15) is 13.6 Å². The van der Waals surface area contributed by atoms with E-state index in [4.69, 9.17) is 4.74 Å². The quantitative estimate of drug-likeness (QED) is 0.663. The van der Waals surface area contributed by atoms with Crippen LogP contribution in [0.1, 0.15) is 15.9 Å². The van der Waals surface area contributed by atoms with Gasteiger partial charge in [0.25, 0.3) is 5.91 Å². The molecule has 0 atom stereocenters. The predicted molar refractivity (Wildman–Crippen MR) is 94.8 cm³/mol. The number of nitrogens with zero attached hydrogens (tertiary/aromatic N) is 1. The molecule has 2 aromatic carbocycles. The number of aromatic nitrogens is 2. The highest BCUT2D eigenvalue weighted by Gasteiger charge is 2.16. The summed E-state index contributed by atoms with van der Waals surface area (Å²) < 4.78 is 34.6. The Bertz CT molecular complexity index is 911. The number of alkyl halides is 2. The second kappa shape index (κ2) is 8.31. The average molecular weight is 373 g/mol. The van der Waals surface area contributed by atoms with Crippen molar-refractivity contribution in [1.82, 2.24) is 15.5 Å². The predicted octanol–water partition coefficient (Wildman–Crippen LogP) is 3.62. The van der Waals surface area contributed by atoms with Crippen molar-refractivity contribution in [2.45, 2.75) is 13.2 Å². The summed E-state index contributed by atoms with van der Waals surface area (Å²) in [6, 6.07) is 13.4. The molecule has 3 aromatic rings. The zero-order chi connectivity index (χ0) is 19.2. The molecule has 0 bridgehead atoms. The van der Waals surface area contributed by atoms with Crippen LogP contribution in [0, 0.1) is 0 Å². The van der Waals surface area contributed by atoms with Gasteiger partial charge in [0.1, 0.15) is 11.5 Å². The molecule has 2 N–H and O–H groups in total. The standard InChI is InChI=1S/C19H17F2N3O3/c1-26-14-8-6-12(7-9-14)17-15(11-23-24-17)18(25)22-10-13-4-2-3-5-16(13)27-19(20)21/h2-9,11,19H,10H2,1H3,(H,22,25)(H,23,24). The lowest BCUT2D eigenvalue weighted by Crippen LogP contribution is -2.23. The molecule has 0 aliphatic carbocycles. The summed E-state index contributed by atoms with van der Waals surface area (Å²) in [5.74, 6) is 0.330. The van der Waals surface area contributed by atoms with E-state index < -0.39 is 6.61 Å². The fourth-order valence-electron chi connectivity index (χ4n) is 2.57. The number of H-pyrrole nitrogens is 1. The lowest BCUT2D eigenvalue weighted by atomic mass is 10.1. The van der Waals surface area contributed by atoms with E-state index in [-0.39, 0.29) is 18.2 Å². The lowest BCUT2D eigenvalue weighted by Gasteiger charge is -2.11. The Morgan fingerprint density at radius 3 is 2.63 bits per heavy atom. The van der Waals surface area contributed by atoms with Crippen molar-refractivity contribution in [1.29, 1.82) is 0 Å². The van der Waals surface area contributed by atoms with E-state index in [0.29, 0.717) is 22.6 Å². The number of nitrogens with one attached hydrogen (secondary N) is 2. The van der Waals surface area contributed by atoms with Crippen LogP contribution in [0.3, 0.4) is 0 Å². The molecule has 27 heavy (non-hydrogen) atoms. The number of rotatable bonds is 7. The van der Waals surface area contributed by atoms with Gasteiger partial charge < -0.3 is 14.8 Å². The van der Waals surface area contributed by atoms with Crippen molar-refractivity contribution in [3.05, 3.63) is 65.9 Å². The number of hydrogen-bond acceptors (Lipinski definition) is 4. The number of carbonyl (C=O) groups is 1. The Morgan fingerprint density at radius 1 is 1.19 bits per heavy atom. The smallest absolute Gasteiger partial charge is 0.387 e. The summed E-state index contributed by atoms with van der Waals surface area (Å²) in [5, 5.41) is 9.43. The van der Waals surface area contributed by atoms with Crippen LogP contribution in [-0.4, -0.2) is 29.8 Å². The summed E-state index contributed by atoms with van der Waals surface area (Å²) in [6.07, 6.45) is 1.41. The maximum Gasteiger partial charge on any atom is 0.387 e. The largest absolute Gasteiger partial charge is 0.497 e. The van der Waals surface area contributed by atoms with Crippen molar-refractivity contribution >= 4 is 5.91 Å². The number of aromatic amines is 1. The van der Waals surface area contributed by atoms with Gasteiger partial charge in [-0.2, -0.15) is 13.9 Å². The number of carbonyl (C=O) groups excluding carboxylic acids is 1. The van der Waals surface area contributed by atoms with E-state index >= 15 is 0 Å². The van der Waals surface area contributed by atoms with Crippen molar-refractivity contribution in [2.24, 2.45) is 0 Å². The molecule has 0 radical (unpaired) electrons. The molecule has 0 saturated heterocycles. The minimum Gasteiger partial charge on any atom is -0.497 e. The highest BCUT2D eigenvalue weighted by Crippen LogP contribution is 2.24. The third-order valence-corrected chi connectivity index (χ3v) is 3.89. The number of benzene rings is 2.